The fraction of sp³-hybridized carbons (Fsp3) is 0.0870. The maximum atomic E-state index is 13.3. The molecule has 162 valence electrons. The number of rotatable bonds is 7. The zero-order valence-electron chi connectivity index (χ0n) is 17.1. The average Bonchev–Trinajstić information content (AvgIpc) is 3.24. The Hall–Kier alpha value is -3.98. The minimum absolute atomic E-state index is 0.0315. The first-order chi connectivity index (χ1) is 15.3. The van der Waals surface area contributed by atoms with Crippen LogP contribution < -0.4 is 5.32 Å². The van der Waals surface area contributed by atoms with E-state index in [0.29, 0.717) is 12.1 Å². The highest BCUT2D eigenvalue weighted by Gasteiger charge is 2.29. The molecule has 1 heterocycles. The van der Waals surface area contributed by atoms with Gasteiger partial charge < -0.3 is 9.73 Å². The van der Waals surface area contributed by atoms with Crippen molar-refractivity contribution >= 4 is 21.4 Å². The molecule has 4 aromatic rings. The Bertz CT molecular complexity index is 1360. The molecule has 1 aromatic heterocycles. The first kappa shape index (κ1) is 21.3. The fourth-order valence-corrected chi connectivity index (χ4v) is 4.36. The molecule has 0 radical (unpaired) electrons. The quantitative estimate of drug-likeness (QED) is 0.312. The molecular formula is C23H19N3O5S. The van der Waals surface area contributed by atoms with E-state index in [0.717, 1.165) is 11.1 Å². The van der Waals surface area contributed by atoms with Crippen LogP contribution in [0.25, 0.3) is 11.5 Å². The van der Waals surface area contributed by atoms with Crippen LogP contribution in [0.2, 0.25) is 0 Å². The van der Waals surface area contributed by atoms with E-state index >= 15 is 0 Å². The van der Waals surface area contributed by atoms with E-state index in [-0.39, 0.29) is 27.4 Å². The number of benzene rings is 3. The van der Waals surface area contributed by atoms with Gasteiger partial charge in [0.1, 0.15) is 0 Å². The molecule has 0 aliphatic carbocycles. The second-order valence-electron chi connectivity index (χ2n) is 7.12. The van der Waals surface area contributed by atoms with Crippen molar-refractivity contribution < 1.29 is 17.8 Å². The third-order valence-corrected chi connectivity index (χ3v) is 6.46. The number of oxazole rings is 1. The second kappa shape index (κ2) is 8.64. The molecule has 1 N–H and O–H groups in total. The van der Waals surface area contributed by atoms with Gasteiger partial charge in [0, 0.05) is 24.2 Å². The normalized spacial score (nSPS) is 11.3. The van der Waals surface area contributed by atoms with Crippen molar-refractivity contribution in [1.29, 1.82) is 0 Å². The molecule has 0 bridgehead atoms. The van der Waals surface area contributed by atoms with E-state index in [1.54, 1.807) is 18.2 Å². The number of nitrogens with one attached hydrogen (secondary N) is 1. The smallest absolute Gasteiger partial charge is 0.270 e. The number of sulfone groups is 1. The summed E-state index contributed by atoms with van der Waals surface area (Å²) in [7, 11) is -4.01. The van der Waals surface area contributed by atoms with Crippen molar-refractivity contribution in [2.24, 2.45) is 0 Å². The number of nitro groups is 1. The average molecular weight is 449 g/mol. The predicted octanol–water partition coefficient (Wildman–Crippen LogP) is 5.00. The predicted molar refractivity (Wildman–Crippen MR) is 119 cm³/mol. The summed E-state index contributed by atoms with van der Waals surface area (Å²) in [5, 5.41) is 13.9. The minimum atomic E-state index is -4.01. The summed E-state index contributed by atoms with van der Waals surface area (Å²) in [5.41, 5.74) is 1.98. The van der Waals surface area contributed by atoms with Gasteiger partial charge in [0.25, 0.3) is 5.69 Å². The molecule has 0 aliphatic heterocycles. The van der Waals surface area contributed by atoms with Crippen molar-refractivity contribution in [3.8, 4) is 11.5 Å². The number of anilines is 1. The van der Waals surface area contributed by atoms with Crippen LogP contribution in [-0.4, -0.2) is 18.3 Å². The van der Waals surface area contributed by atoms with Crippen molar-refractivity contribution in [2.75, 3.05) is 5.32 Å². The summed E-state index contributed by atoms with van der Waals surface area (Å²) < 4.78 is 32.4. The first-order valence-corrected chi connectivity index (χ1v) is 11.2. The number of hydrogen-bond donors (Lipinski definition) is 1. The summed E-state index contributed by atoms with van der Waals surface area (Å²) in [6.07, 6.45) is 0. The van der Waals surface area contributed by atoms with Crippen LogP contribution in [0.1, 0.15) is 11.1 Å². The zero-order valence-corrected chi connectivity index (χ0v) is 17.9. The van der Waals surface area contributed by atoms with Gasteiger partial charge in [0.15, 0.2) is 0 Å². The maximum Gasteiger partial charge on any atom is 0.270 e. The van der Waals surface area contributed by atoms with Crippen LogP contribution in [0.15, 0.2) is 93.2 Å². The third kappa shape index (κ3) is 4.37. The highest BCUT2D eigenvalue weighted by atomic mass is 32.2. The Kier molecular flexibility index (Phi) is 5.74. The number of hydrogen-bond acceptors (Lipinski definition) is 7. The number of aryl methyl sites for hydroxylation is 1. The topological polar surface area (TPSA) is 115 Å². The lowest BCUT2D eigenvalue weighted by Gasteiger charge is -2.06. The molecule has 0 aliphatic rings. The van der Waals surface area contributed by atoms with Crippen molar-refractivity contribution in [3.63, 3.8) is 0 Å². The van der Waals surface area contributed by atoms with Crippen LogP contribution in [0.5, 0.6) is 0 Å². The molecule has 4 rings (SSSR count). The molecular weight excluding hydrogens is 430 g/mol. The van der Waals surface area contributed by atoms with Crippen LogP contribution in [0.3, 0.4) is 0 Å². The molecule has 0 saturated heterocycles. The Morgan fingerprint density at radius 1 is 1.00 bits per heavy atom. The van der Waals surface area contributed by atoms with E-state index in [1.807, 2.05) is 37.3 Å². The SMILES string of the molecule is Cc1ccc(S(=O)(=O)c2nc(-c3cccc([N+](=O)[O-])c3)oc2NCc2ccccc2)cc1. The summed E-state index contributed by atoms with van der Waals surface area (Å²) in [5.74, 6) is -0.0640. The molecule has 32 heavy (non-hydrogen) atoms. The van der Waals surface area contributed by atoms with Crippen molar-refractivity contribution in [1.82, 2.24) is 4.98 Å². The van der Waals surface area contributed by atoms with Gasteiger partial charge in [0.2, 0.25) is 26.6 Å². The largest absolute Gasteiger partial charge is 0.419 e. The van der Waals surface area contributed by atoms with Crippen LogP contribution in [0, 0.1) is 17.0 Å². The second-order valence-corrected chi connectivity index (χ2v) is 8.98. The van der Waals surface area contributed by atoms with Gasteiger partial charge in [-0.15, -0.1) is 0 Å². The minimum Gasteiger partial charge on any atom is -0.419 e. The molecule has 0 fully saturated rings. The summed E-state index contributed by atoms with van der Waals surface area (Å²) in [6, 6.07) is 21.5. The Labute approximate surface area is 184 Å². The number of nitrogens with zero attached hydrogens (tertiary/aromatic N) is 2. The van der Waals surface area contributed by atoms with E-state index in [1.165, 1.54) is 30.3 Å². The van der Waals surface area contributed by atoms with Gasteiger partial charge in [-0.3, -0.25) is 10.1 Å². The van der Waals surface area contributed by atoms with E-state index < -0.39 is 14.8 Å². The first-order valence-electron chi connectivity index (χ1n) is 9.70. The van der Waals surface area contributed by atoms with Crippen molar-refractivity contribution in [2.45, 2.75) is 23.4 Å². The molecule has 3 aromatic carbocycles. The summed E-state index contributed by atoms with van der Waals surface area (Å²) in [6.45, 7) is 2.17. The van der Waals surface area contributed by atoms with Gasteiger partial charge in [-0.2, -0.15) is 4.98 Å². The third-order valence-electron chi connectivity index (χ3n) is 4.78. The fourth-order valence-electron chi connectivity index (χ4n) is 3.08. The lowest BCUT2D eigenvalue weighted by atomic mass is 10.2. The maximum absolute atomic E-state index is 13.3. The van der Waals surface area contributed by atoms with Crippen molar-refractivity contribution in [3.05, 3.63) is 100 Å². The zero-order chi connectivity index (χ0) is 22.7. The molecule has 9 heteroatoms. The molecule has 0 atom stereocenters. The molecule has 0 amide bonds. The summed E-state index contributed by atoms with van der Waals surface area (Å²) in [4.78, 5) is 14.9. The Balaban J connectivity index is 1.78. The monoisotopic (exact) mass is 449 g/mol. The van der Waals surface area contributed by atoms with Crippen LogP contribution in [0.4, 0.5) is 11.6 Å². The van der Waals surface area contributed by atoms with Gasteiger partial charge in [-0.1, -0.05) is 54.1 Å². The highest BCUT2D eigenvalue weighted by molar-refractivity contribution is 7.91. The lowest BCUT2D eigenvalue weighted by Crippen LogP contribution is -2.07. The number of nitro benzene ring substituents is 1. The highest BCUT2D eigenvalue weighted by Crippen LogP contribution is 2.33. The summed E-state index contributed by atoms with van der Waals surface area (Å²) >= 11 is 0. The Morgan fingerprint density at radius 2 is 1.72 bits per heavy atom. The van der Waals surface area contributed by atoms with E-state index in [2.05, 4.69) is 10.3 Å². The van der Waals surface area contributed by atoms with E-state index in [9.17, 15) is 18.5 Å². The molecule has 0 unspecified atom stereocenters. The lowest BCUT2D eigenvalue weighted by molar-refractivity contribution is -0.384. The van der Waals surface area contributed by atoms with Gasteiger partial charge in [-0.25, -0.2) is 8.42 Å². The van der Waals surface area contributed by atoms with Crippen LogP contribution >= 0.6 is 0 Å². The number of non-ortho nitro benzene ring substituents is 1. The van der Waals surface area contributed by atoms with E-state index in [4.69, 9.17) is 4.42 Å². The number of aromatic nitrogens is 1. The Morgan fingerprint density at radius 3 is 2.41 bits per heavy atom. The standard InChI is InChI=1S/C23H19N3O5S/c1-16-10-12-20(13-11-16)32(29,30)23-22(24-15-17-6-3-2-4-7-17)31-21(25-23)18-8-5-9-19(14-18)26(27)28/h2-14,24H,15H2,1H3. The van der Waals surface area contributed by atoms with Gasteiger partial charge >= 0.3 is 0 Å². The molecule has 0 spiro atoms. The van der Waals surface area contributed by atoms with Gasteiger partial charge in [0.05, 0.1) is 9.82 Å². The van der Waals surface area contributed by atoms with Crippen LogP contribution in [-0.2, 0) is 16.4 Å². The molecule has 8 nitrogen and oxygen atoms in total. The molecule has 0 saturated carbocycles. The van der Waals surface area contributed by atoms with Gasteiger partial charge in [-0.05, 0) is 30.7 Å².